The summed E-state index contributed by atoms with van der Waals surface area (Å²) >= 11 is 0. The van der Waals surface area contributed by atoms with Gasteiger partial charge in [-0.15, -0.1) is 0 Å². The molecule has 2 aromatic heterocycles. The number of carbonyl (C=O) groups is 7. The first-order valence-corrected chi connectivity index (χ1v) is 13.6. The maximum Gasteiger partial charge on any atom is 0.326 e. The number of aromatic amines is 1. The van der Waals surface area contributed by atoms with Crippen molar-refractivity contribution in [3.05, 3.63) is 52.1 Å². The number of H-pyrrole nitrogens is 1. The van der Waals surface area contributed by atoms with E-state index in [0.717, 1.165) is 6.92 Å². The van der Waals surface area contributed by atoms with E-state index in [1.807, 2.05) is 5.32 Å². The molecule has 3 atom stereocenters. The van der Waals surface area contributed by atoms with E-state index in [2.05, 4.69) is 35.9 Å². The number of amides is 3. The Morgan fingerprint density at radius 2 is 1.49 bits per heavy atom. The molecular formula is C27H29N9O11. The minimum absolute atomic E-state index is 0.00906. The zero-order chi connectivity index (χ0) is 34.8. The summed E-state index contributed by atoms with van der Waals surface area (Å²) in [4.78, 5) is 110. The molecule has 0 unspecified atom stereocenters. The maximum atomic E-state index is 12.7. The number of carboxylic acid groups (broad SMARTS) is 3. The number of benzene rings is 1. The molecule has 3 rings (SSSR count). The molecule has 248 valence electrons. The fraction of sp³-hybridized carbons (Fsp3) is 0.296. The molecule has 20 nitrogen and oxygen atoms in total. The quantitative estimate of drug-likeness (QED) is 0.0804. The number of carboxylic acids is 3. The lowest BCUT2D eigenvalue weighted by molar-refractivity contribution is -0.143. The third kappa shape index (κ3) is 10.3. The minimum atomic E-state index is -1.80. The zero-order valence-electron chi connectivity index (χ0n) is 24.5. The van der Waals surface area contributed by atoms with Gasteiger partial charge in [0.2, 0.25) is 17.8 Å². The van der Waals surface area contributed by atoms with Gasteiger partial charge >= 0.3 is 17.9 Å². The second-order valence-electron chi connectivity index (χ2n) is 9.97. The van der Waals surface area contributed by atoms with Gasteiger partial charge in [0.25, 0.3) is 11.5 Å². The number of hydrogen-bond acceptors (Lipinski definition) is 13. The van der Waals surface area contributed by atoms with Crippen LogP contribution in [0.25, 0.3) is 11.2 Å². The molecule has 1 aromatic carbocycles. The number of Topliss-reactive ketones (excluding diaryl/α,β-unsaturated/α-hetero) is 1. The van der Waals surface area contributed by atoms with Gasteiger partial charge in [-0.1, -0.05) is 0 Å². The number of nitrogens with one attached hydrogen (secondary N) is 5. The topological polar surface area (TPSA) is 326 Å². The molecule has 0 saturated carbocycles. The van der Waals surface area contributed by atoms with Crippen LogP contribution < -0.4 is 32.6 Å². The number of rotatable bonds is 16. The highest BCUT2D eigenvalue weighted by molar-refractivity contribution is 5.99. The normalized spacial score (nSPS) is 12.6. The van der Waals surface area contributed by atoms with Crippen LogP contribution >= 0.6 is 0 Å². The van der Waals surface area contributed by atoms with Crippen LogP contribution in [-0.2, 0) is 35.3 Å². The van der Waals surface area contributed by atoms with Crippen LogP contribution in [0.3, 0.4) is 0 Å². The van der Waals surface area contributed by atoms with Crippen molar-refractivity contribution in [1.29, 1.82) is 0 Å². The Kier molecular flexibility index (Phi) is 11.5. The Balaban J connectivity index is 1.60. The molecule has 0 aliphatic carbocycles. The first-order chi connectivity index (χ1) is 22.1. The Hall–Kier alpha value is -6.47. The largest absolute Gasteiger partial charge is 0.481 e. The average Bonchev–Trinajstić information content (AvgIpc) is 2.98. The molecule has 0 saturated heterocycles. The van der Waals surface area contributed by atoms with Gasteiger partial charge < -0.3 is 42.3 Å². The van der Waals surface area contributed by atoms with Crippen LogP contribution in [0.2, 0.25) is 0 Å². The standard InChI is InChI=1S/C27H29N9O11/c1-11(37)15(7-19(39)40)33-24(44)16(8-20(41)42)32-18(38)6-17(26(46)47)34-23(43)12-2-4-13(5-3-12)29-9-14-10-30-22-21(31-14)25(45)36-27(28)35-22/h2-5,10,15-17,29H,6-9H2,1H3,(H,32,38)(H,33,44)(H,34,43)(H,39,40)(H,41,42)(H,46,47)(H3,28,30,35,36,45)/t15-,16-,17-/m0/s1. The highest BCUT2D eigenvalue weighted by Crippen LogP contribution is 2.12. The summed E-state index contributed by atoms with van der Waals surface area (Å²) in [6.07, 6.45) is -1.29. The van der Waals surface area contributed by atoms with E-state index in [1.54, 1.807) is 0 Å². The summed E-state index contributed by atoms with van der Waals surface area (Å²) in [5, 5.41) is 36.9. The van der Waals surface area contributed by atoms with Gasteiger partial charge in [-0.2, -0.15) is 4.98 Å². The van der Waals surface area contributed by atoms with Crippen LogP contribution in [0.1, 0.15) is 42.2 Å². The van der Waals surface area contributed by atoms with Gasteiger partial charge in [-0.05, 0) is 31.2 Å². The van der Waals surface area contributed by atoms with E-state index < -0.39 is 84.4 Å². The van der Waals surface area contributed by atoms with Gasteiger partial charge in [0.05, 0.1) is 43.7 Å². The molecule has 20 heteroatoms. The molecule has 2 heterocycles. The molecule has 0 spiro atoms. The fourth-order valence-electron chi connectivity index (χ4n) is 4.00. The van der Waals surface area contributed by atoms with Crippen molar-refractivity contribution < 1.29 is 48.9 Å². The first-order valence-electron chi connectivity index (χ1n) is 13.6. The molecule has 47 heavy (non-hydrogen) atoms. The van der Waals surface area contributed by atoms with Gasteiger partial charge in [0.1, 0.15) is 12.1 Å². The van der Waals surface area contributed by atoms with Crippen LogP contribution in [0.5, 0.6) is 0 Å². The van der Waals surface area contributed by atoms with Gasteiger partial charge in [-0.25, -0.2) is 14.8 Å². The van der Waals surface area contributed by atoms with Crippen molar-refractivity contribution in [1.82, 2.24) is 35.9 Å². The molecule has 3 aromatic rings. The molecule has 0 radical (unpaired) electrons. The molecule has 3 amide bonds. The SMILES string of the molecule is CC(=O)[C@H](CC(=O)O)NC(=O)[C@H](CC(=O)O)NC(=O)C[C@H](NC(=O)c1ccc(NCc2cnc3nc(N)[nH]c(=O)c3n2)cc1)C(=O)O. The van der Waals surface area contributed by atoms with E-state index >= 15 is 0 Å². The van der Waals surface area contributed by atoms with Crippen molar-refractivity contribution in [2.75, 3.05) is 11.1 Å². The summed E-state index contributed by atoms with van der Waals surface area (Å²) in [5.74, 6) is -8.60. The lowest BCUT2D eigenvalue weighted by atomic mass is 10.1. The zero-order valence-corrected chi connectivity index (χ0v) is 24.5. The predicted octanol–water partition coefficient (Wildman–Crippen LogP) is -2.01. The third-order valence-electron chi connectivity index (χ3n) is 6.32. The van der Waals surface area contributed by atoms with Crippen molar-refractivity contribution in [2.24, 2.45) is 0 Å². The van der Waals surface area contributed by atoms with E-state index in [1.165, 1.54) is 30.5 Å². The number of aliphatic carboxylic acids is 3. The Morgan fingerprint density at radius 3 is 2.09 bits per heavy atom. The second kappa shape index (κ2) is 15.5. The van der Waals surface area contributed by atoms with Gasteiger partial charge in [-0.3, -0.25) is 38.5 Å². The summed E-state index contributed by atoms with van der Waals surface area (Å²) in [6.45, 7) is 1.13. The van der Waals surface area contributed by atoms with E-state index in [9.17, 15) is 43.5 Å². The molecule has 0 fully saturated rings. The number of carbonyl (C=O) groups excluding carboxylic acids is 4. The second-order valence-corrected chi connectivity index (χ2v) is 9.97. The number of nitrogens with two attached hydrogens (primary N) is 1. The summed E-state index contributed by atoms with van der Waals surface area (Å²) in [7, 11) is 0. The minimum Gasteiger partial charge on any atom is -0.481 e. The van der Waals surface area contributed by atoms with Crippen LogP contribution in [0.15, 0.2) is 35.3 Å². The number of ketones is 1. The average molecular weight is 656 g/mol. The van der Waals surface area contributed by atoms with E-state index in [0.29, 0.717) is 11.4 Å². The van der Waals surface area contributed by atoms with Crippen molar-refractivity contribution in [3.8, 4) is 0 Å². The molecule has 0 aliphatic heterocycles. The highest BCUT2D eigenvalue weighted by Gasteiger charge is 2.30. The monoisotopic (exact) mass is 655 g/mol. The Morgan fingerprint density at radius 1 is 0.851 bits per heavy atom. The van der Waals surface area contributed by atoms with Crippen LogP contribution in [0, 0.1) is 0 Å². The lowest BCUT2D eigenvalue weighted by Gasteiger charge is -2.21. The molecule has 0 aliphatic rings. The number of nitrogens with zero attached hydrogens (tertiary/aromatic N) is 3. The number of fused-ring (bicyclic) bond motifs is 1. The number of aromatic nitrogens is 4. The van der Waals surface area contributed by atoms with Crippen LogP contribution in [-0.4, -0.2) is 94.8 Å². The highest BCUT2D eigenvalue weighted by atomic mass is 16.4. The van der Waals surface area contributed by atoms with E-state index in [4.69, 9.17) is 15.9 Å². The van der Waals surface area contributed by atoms with E-state index in [-0.39, 0.29) is 29.2 Å². The summed E-state index contributed by atoms with van der Waals surface area (Å²) < 4.78 is 0. The maximum absolute atomic E-state index is 12.7. The number of hydrogen-bond donors (Lipinski definition) is 9. The van der Waals surface area contributed by atoms with Crippen LogP contribution in [0.4, 0.5) is 11.6 Å². The molecule has 10 N–H and O–H groups in total. The predicted molar refractivity (Wildman–Crippen MR) is 159 cm³/mol. The van der Waals surface area contributed by atoms with Crippen molar-refractivity contribution >= 4 is 64.2 Å². The van der Waals surface area contributed by atoms with Gasteiger partial charge in [0, 0.05) is 11.3 Å². The van der Waals surface area contributed by atoms with Crippen molar-refractivity contribution in [3.63, 3.8) is 0 Å². The fourth-order valence-corrected chi connectivity index (χ4v) is 4.00. The number of nitrogen functional groups attached to an aromatic ring is 1. The first kappa shape index (κ1) is 35.0. The Bertz CT molecular complexity index is 1780. The third-order valence-corrected chi connectivity index (χ3v) is 6.32. The molecule has 0 bridgehead atoms. The van der Waals surface area contributed by atoms with Gasteiger partial charge in [0.15, 0.2) is 16.9 Å². The van der Waals surface area contributed by atoms with Crippen molar-refractivity contribution in [2.45, 2.75) is 50.9 Å². The lowest BCUT2D eigenvalue weighted by Crippen LogP contribution is -2.53. The smallest absolute Gasteiger partial charge is 0.326 e. The summed E-state index contributed by atoms with van der Waals surface area (Å²) in [5.41, 5.74) is 5.91. The summed E-state index contributed by atoms with van der Waals surface area (Å²) in [6, 6.07) is 0.606. The molecular weight excluding hydrogens is 626 g/mol. The number of anilines is 2. The Labute approximate surface area is 263 Å².